The topological polar surface area (TPSA) is 90.8 Å². The van der Waals surface area contributed by atoms with Gasteiger partial charge in [0.1, 0.15) is 12.4 Å². The van der Waals surface area contributed by atoms with Crippen molar-refractivity contribution < 1.29 is 14.0 Å². The second-order valence-electron chi connectivity index (χ2n) is 6.04. The first kappa shape index (κ1) is 16.0. The van der Waals surface area contributed by atoms with Gasteiger partial charge in [0.05, 0.1) is 25.3 Å². The lowest BCUT2D eigenvalue weighted by Crippen LogP contribution is -2.44. The molecule has 0 unspecified atom stereocenters. The van der Waals surface area contributed by atoms with Crippen LogP contribution in [0.15, 0.2) is 22.9 Å². The van der Waals surface area contributed by atoms with Crippen LogP contribution in [-0.2, 0) is 22.5 Å². The van der Waals surface area contributed by atoms with E-state index in [0.717, 1.165) is 30.2 Å². The Morgan fingerprint density at radius 1 is 1.36 bits per heavy atom. The molecule has 0 radical (unpaired) electrons. The van der Waals surface area contributed by atoms with Gasteiger partial charge in [0.25, 0.3) is 0 Å². The zero-order chi connectivity index (χ0) is 17.2. The van der Waals surface area contributed by atoms with Gasteiger partial charge in [-0.3, -0.25) is 0 Å². The van der Waals surface area contributed by atoms with E-state index in [1.165, 1.54) is 0 Å². The molecule has 0 aromatic carbocycles. The van der Waals surface area contributed by atoms with Gasteiger partial charge < -0.3 is 18.9 Å². The summed E-state index contributed by atoms with van der Waals surface area (Å²) in [6.07, 6.45) is 2.31. The summed E-state index contributed by atoms with van der Waals surface area (Å²) < 4.78 is 18.0. The number of morpholine rings is 1. The average Bonchev–Trinajstić information content (AvgIpc) is 3.24. The molecule has 1 saturated heterocycles. The maximum atomic E-state index is 5.88. The maximum absolute atomic E-state index is 5.88. The van der Waals surface area contributed by atoms with Crippen molar-refractivity contribution in [1.29, 1.82) is 0 Å². The SMILES string of the molecule is COCc1noc(C[C@@H]2CN(c3cc(C)nc4ccnn34)CCO2)n1. The van der Waals surface area contributed by atoms with Crippen molar-refractivity contribution >= 4 is 11.5 Å². The molecule has 0 bridgehead atoms. The lowest BCUT2D eigenvalue weighted by molar-refractivity contribution is 0.0358. The minimum atomic E-state index is -0.0244. The van der Waals surface area contributed by atoms with Gasteiger partial charge in [0.2, 0.25) is 5.89 Å². The second kappa shape index (κ2) is 6.77. The molecule has 9 nitrogen and oxygen atoms in total. The molecule has 0 N–H and O–H groups in total. The van der Waals surface area contributed by atoms with Gasteiger partial charge >= 0.3 is 0 Å². The molecule has 0 saturated carbocycles. The van der Waals surface area contributed by atoms with Crippen LogP contribution in [0, 0.1) is 6.92 Å². The highest BCUT2D eigenvalue weighted by Gasteiger charge is 2.25. The van der Waals surface area contributed by atoms with Crippen LogP contribution in [0.3, 0.4) is 0 Å². The third kappa shape index (κ3) is 3.33. The predicted octanol–water partition coefficient (Wildman–Crippen LogP) is 1.02. The van der Waals surface area contributed by atoms with Crippen molar-refractivity contribution in [1.82, 2.24) is 24.7 Å². The first-order chi connectivity index (χ1) is 12.2. The molecular formula is C16H20N6O3. The molecule has 1 aliphatic rings. The highest BCUT2D eigenvalue weighted by molar-refractivity contribution is 5.51. The number of fused-ring (bicyclic) bond motifs is 1. The molecule has 9 heteroatoms. The predicted molar refractivity (Wildman–Crippen MR) is 88.4 cm³/mol. The lowest BCUT2D eigenvalue weighted by Gasteiger charge is -2.34. The van der Waals surface area contributed by atoms with E-state index in [1.54, 1.807) is 13.3 Å². The van der Waals surface area contributed by atoms with E-state index in [0.29, 0.717) is 31.3 Å². The van der Waals surface area contributed by atoms with Gasteiger partial charge in [-0.2, -0.15) is 14.6 Å². The fourth-order valence-electron chi connectivity index (χ4n) is 3.05. The van der Waals surface area contributed by atoms with Crippen molar-refractivity contribution in [3.63, 3.8) is 0 Å². The number of anilines is 1. The zero-order valence-electron chi connectivity index (χ0n) is 14.3. The quantitative estimate of drug-likeness (QED) is 0.677. The van der Waals surface area contributed by atoms with Crippen molar-refractivity contribution in [3.8, 4) is 0 Å². The molecule has 4 rings (SSSR count). The van der Waals surface area contributed by atoms with Gasteiger partial charge in [0.15, 0.2) is 11.5 Å². The summed E-state index contributed by atoms with van der Waals surface area (Å²) >= 11 is 0. The molecule has 25 heavy (non-hydrogen) atoms. The van der Waals surface area contributed by atoms with E-state index >= 15 is 0 Å². The maximum Gasteiger partial charge on any atom is 0.229 e. The first-order valence-electron chi connectivity index (χ1n) is 8.21. The summed E-state index contributed by atoms with van der Waals surface area (Å²) in [6.45, 7) is 4.49. The molecule has 3 aromatic heterocycles. The molecule has 3 aromatic rings. The van der Waals surface area contributed by atoms with Crippen LogP contribution in [0.2, 0.25) is 0 Å². The number of methoxy groups -OCH3 is 1. The Morgan fingerprint density at radius 3 is 3.16 bits per heavy atom. The summed E-state index contributed by atoms with van der Waals surface area (Å²) in [5, 5.41) is 8.28. The van der Waals surface area contributed by atoms with Crippen LogP contribution in [0.1, 0.15) is 17.4 Å². The highest BCUT2D eigenvalue weighted by atomic mass is 16.5. The van der Waals surface area contributed by atoms with Gasteiger partial charge in [-0.15, -0.1) is 0 Å². The van der Waals surface area contributed by atoms with Crippen LogP contribution in [0.5, 0.6) is 0 Å². The number of ether oxygens (including phenoxy) is 2. The van der Waals surface area contributed by atoms with Crippen molar-refractivity contribution in [3.05, 3.63) is 35.7 Å². The Kier molecular flexibility index (Phi) is 4.33. The van der Waals surface area contributed by atoms with Crippen LogP contribution in [-0.4, -0.2) is 57.6 Å². The Morgan fingerprint density at radius 2 is 2.28 bits per heavy atom. The van der Waals surface area contributed by atoms with Crippen LogP contribution < -0.4 is 4.90 Å². The average molecular weight is 344 g/mol. The molecule has 0 aliphatic carbocycles. The molecule has 4 heterocycles. The van der Waals surface area contributed by atoms with Gasteiger partial charge in [-0.1, -0.05) is 5.16 Å². The summed E-state index contributed by atoms with van der Waals surface area (Å²) in [5.74, 6) is 2.13. The van der Waals surface area contributed by atoms with Crippen LogP contribution in [0.25, 0.3) is 5.65 Å². The second-order valence-corrected chi connectivity index (χ2v) is 6.04. The summed E-state index contributed by atoms with van der Waals surface area (Å²) in [4.78, 5) is 11.1. The van der Waals surface area contributed by atoms with Crippen molar-refractivity contribution in [2.75, 3.05) is 31.7 Å². The summed E-state index contributed by atoms with van der Waals surface area (Å²) in [5.41, 5.74) is 1.81. The monoisotopic (exact) mass is 344 g/mol. The largest absolute Gasteiger partial charge is 0.377 e. The Balaban J connectivity index is 1.51. The number of nitrogens with zero attached hydrogens (tertiary/aromatic N) is 6. The molecule has 132 valence electrons. The van der Waals surface area contributed by atoms with E-state index in [2.05, 4.69) is 25.1 Å². The third-order valence-electron chi connectivity index (χ3n) is 4.12. The van der Waals surface area contributed by atoms with E-state index < -0.39 is 0 Å². The van der Waals surface area contributed by atoms with Crippen LogP contribution >= 0.6 is 0 Å². The number of aryl methyl sites for hydroxylation is 1. The number of rotatable bonds is 5. The normalized spacial score (nSPS) is 18.2. The number of aromatic nitrogens is 5. The Bertz CT molecular complexity index is 861. The molecular weight excluding hydrogens is 324 g/mol. The lowest BCUT2D eigenvalue weighted by atomic mass is 10.2. The van der Waals surface area contributed by atoms with E-state index in [-0.39, 0.29) is 6.10 Å². The zero-order valence-corrected chi connectivity index (χ0v) is 14.3. The molecule has 1 fully saturated rings. The van der Waals surface area contributed by atoms with Gasteiger partial charge in [-0.05, 0) is 6.92 Å². The fourth-order valence-corrected chi connectivity index (χ4v) is 3.05. The highest BCUT2D eigenvalue weighted by Crippen LogP contribution is 2.21. The van der Waals surface area contributed by atoms with Gasteiger partial charge in [-0.25, -0.2) is 4.98 Å². The standard InChI is InChI=1S/C16H20N6O3/c1-11-7-16(22-14(18-11)3-4-17-22)21-5-6-24-12(9-21)8-15-19-13(10-23-2)20-25-15/h3-4,7,12H,5-6,8-10H2,1-2H3/t12-/m1/s1. The number of hydrogen-bond donors (Lipinski definition) is 0. The Labute approximate surface area is 144 Å². The van der Waals surface area contributed by atoms with E-state index in [9.17, 15) is 0 Å². The molecule has 0 spiro atoms. The third-order valence-corrected chi connectivity index (χ3v) is 4.12. The minimum absolute atomic E-state index is 0.0244. The van der Waals surface area contributed by atoms with E-state index in [4.69, 9.17) is 14.0 Å². The first-order valence-corrected chi connectivity index (χ1v) is 8.21. The molecule has 1 atom stereocenters. The van der Waals surface area contributed by atoms with E-state index in [1.807, 2.05) is 23.6 Å². The summed E-state index contributed by atoms with van der Waals surface area (Å²) in [6, 6.07) is 3.95. The summed E-state index contributed by atoms with van der Waals surface area (Å²) in [7, 11) is 1.60. The molecule has 0 amide bonds. The van der Waals surface area contributed by atoms with Crippen molar-refractivity contribution in [2.45, 2.75) is 26.1 Å². The number of hydrogen-bond acceptors (Lipinski definition) is 8. The minimum Gasteiger partial charge on any atom is -0.377 e. The van der Waals surface area contributed by atoms with Crippen molar-refractivity contribution in [2.24, 2.45) is 0 Å². The smallest absolute Gasteiger partial charge is 0.229 e. The Hall–Kier alpha value is -2.52. The van der Waals surface area contributed by atoms with Gasteiger partial charge in [0, 0.05) is 38.0 Å². The molecule has 1 aliphatic heterocycles. The fraction of sp³-hybridized carbons (Fsp3) is 0.500. The van der Waals surface area contributed by atoms with Crippen LogP contribution in [0.4, 0.5) is 5.82 Å².